The van der Waals surface area contributed by atoms with E-state index in [0.29, 0.717) is 11.4 Å². The molecule has 2 aromatic carbocycles. The Balaban J connectivity index is 1.95. The first-order valence-electron chi connectivity index (χ1n) is 7.72. The third-order valence-electron chi connectivity index (χ3n) is 3.94. The molecular formula is C18H17BrClNO3. The van der Waals surface area contributed by atoms with Crippen LogP contribution in [0.15, 0.2) is 46.9 Å². The van der Waals surface area contributed by atoms with E-state index in [9.17, 15) is 4.79 Å². The van der Waals surface area contributed by atoms with Gasteiger partial charge in [0, 0.05) is 27.5 Å². The second-order valence-corrected chi connectivity index (χ2v) is 6.77. The van der Waals surface area contributed by atoms with Gasteiger partial charge in [-0.3, -0.25) is 0 Å². The van der Waals surface area contributed by atoms with Gasteiger partial charge in [0.1, 0.15) is 0 Å². The minimum absolute atomic E-state index is 0.0509. The fourth-order valence-electron chi connectivity index (χ4n) is 2.92. The predicted octanol–water partition coefficient (Wildman–Crippen LogP) is 5.55. The molecule has 6 heteroatoms. The molecule has 1 aliphatic heterocycles. The van der Waals surface area contributed by atoms with Gasteiger partial charge >= 0.3 is 6.16 Å². The molecule has 2 aromatic rings. The van der Waals surface area contributed by atoms with Crippen molar-refractivity contribution < 1.29 is 14.3 Å². The molecule has 4 nitrogen and oxygen atoms in total. The van der Waals surface area contributed by atoms with E-state index in [4.69, 9.17) is 21.1 Å². The number of rotatable bonds is 3. The van der Waals surface area contributed by atoms with Crippen LogP contribution in [0.2, 0.25) is 5.02 Å². The third-order valence-corrected chi connectivity index (χ3v) is 4.89. The van der Waals surface area contributed by atoms with E-state index in [-0.39, 0.29) is 12.5 Å². The summed E-state index contributed by atoms with van der Waals surface area (Å²) < 4.78 is 11.3. The van der Waals surface area contributed by atoms with Crippen LogP contribution in [-0.4, -0.2) is 19.0 Å². The predicted molar refractivity (Wildman–Crippen MR) is 97.6 cm³/mol. The summed E-state index contributed by atoms with van der Waals surface area (Å²) in [5.41, 5.74) is 3.11. The minimum Gasteiger partial charge on any atom is -0.435 e. The topological polar surface area (TPSA) is 47.6 Å². The highest BCUT2D eigenvalue weighted by Crippen LogP contribution is 2.42. The second-order valence-electron chi connectivity index (χ2n) is 5.48. The van der Waals surface area contributed by atoms with E-state index < -0.39 is 12.4 Å². The zero-order valence-corrected chi connectivity index (χ0v) is 15.4. The first-order valence-corrected chi connectivity index (χ1v) is 8.89. The number of ether oxygens (including phenoxy) is 2. The summed E-state index contributed by atoms with van der Waals surface area (Å²) in [6, 6.07) is 13.7. The molecule has 2 atom stereocenters. The van der Waals surface area contributed by atoms with E-state index in [1.54, 1.807) is 6.92 Å². The smallest absolute Gasteiger partial charge is 0.435 e. The summed E-state index contributed by atoms with van der Waals surface area (Å²) in [5, 5.41) is 3.91. The Bertz CT molecular complexity index is 753. The van der Waals surface area contributed by atoms with Crippen molar-refractivity contribution in [1.29, 1.82) is 0 Å². The lowest BCUT2D eigenvalue weighted by Crippen LogP contribution is -2.33. The number of fused-ring (bicyclic) bond motifs is 1. The van der Waals surface area contributed by atoms with Gasteiger partial charge in [-0.05, 0) is 42.3 Å². The molecule has 2 unspecified atom stereocenters. The normalized spacial score (nSPS) is 19.1. The molecule has 1 N–H and O–H groups in total. The molecule has 0 spiro atoms. The lowest BCUT2D eigenvalue weighted by molar-refractivity contribution is 0.0301. The number of hydrogen-bond acceptors (Lipinski definition) is 4. The van der Waals surface area contributed by atoms with E-state index in [1.807, 2.05) is 36.4 Å². The van der Waals surface area contributed by atoms with Gasteiger partial charge in [0.15, 0.2) is 6.23 Å². The lowest BCUT2D eigenvalue weighted by atomic mass is 9.84. The summed E-state index contributed by atoms with van der Waals surface area (Å²) in [5.74, 6) is 0.0509. The van der Waals surface area contributed by atoms with Crippen molar-refractivity contribution in [3.8, 4) is 0 Å². The molecule has 1 heterocycles. The van der Waals surface area contributed by atoms with Crippen LogP contribution < -0.4 is 5.32 Å². The molecule has 0 radical (unpaired) electrons. The molecule has 0 amide bonds. The first-order chi connectivity index (χ1) is 11.6. The summed E-state index contributed by atoms with van der Waals surface area (Å²) in [6.45, 7) is 2.03. The summed E-state index contributed by atoms with van der Waals surface area (Å²) >= 11 is 9.80. The molecule has 24 heavy (non-hydrogen) atoms. The van der Waals surface area contributed by atoms with Crippen molar-refractivity contribution in [2.75, 3.05) is 11.9 Å². The lowest BCUT2D eigenvalue weighted by Gasteiger charge is -2.33. The van der Waals surface area contributed by atoms with Gasteiger partial charge in [0.25, 0.3) is 0 Å². The monoisotopic (exact) mass is 409 g/mol. The van der Waals surface area contributed by atoms with Gasteiger partial charge in [0.2, 0.25) is 0 Å². The quantitative estimate of drug-likeness (QED) is 0.674. The van der Waals surface area contributed by atoms with Crippen LogP contribution in [0.1, 0.15) is 30.4 Å². The van der Waals surface area contributed by atoms with E-state index in [2.05, 4.69) is 27.3 Å². The van der Waals surface area contributed by atoms with Gasteiger partial charge in [-0.25, -0.2) is 4.79 Å². The Hall–Kier alpha value is -1.72. The Morgan fingerprint density at radius 3 is 2.83 bits per heavy atom. The van der Waals surface area contributed by atoms with Crippen LogP contribution in [0.3, 0.4) is 0 Å². The summed E-state index contributed by atoms with van der Waals surface area (Å²) in [4.78, 5) is 11.7. The zero-order chi connectivity index (χ0) is 17.1. The Kier molecular flexibility index (Phi) is 5.31. The molecule has 0 bridgehead atoms. The molecule has 3 rings (SSSR count). The maximum Gasteiger partial charge on any atom is 0.510 e. The van der Waals surface area contributed by atoms with Crippen molar-refractivity contribution in [1.82, 2.24) is 0 Å². The average molecular weight is 411 g/mol. The van der Waals surface area contributed by atoms with Gasteiger partial charge in [-0.1, -0.05) is 45.7 Å². The summed E-state index contributed by atoms with van der Waals surface area (Å²) in [6.07, 6.45) is -0.539. The number of carbonyl (C=O) groups excluding carboxylic acids is 1. The van der Waals surface area contributed by atoms with Crippen molar-refractivity contribution in [3.63, 3.8) is 0 Å². The Labute approximate surface area is 154 Å². The van der Waals surface area contributed by atoms with Crippen molar-refractivity contribution in [2.45, 2.75) is 25.5 Å². The van der Waals surface area contributed by atoms with E-state index >= 15 is 0 Å². The molecule has 0 aliphatic carbocycles. The van der Waals surface area contributed by atoms with Gasteiger partial charge in [-0.15, -0.1) is 0 Å². The van der Waals surface area contributed by atoms with Crippen LogP contribution in [0, 0.1) is 0 Å². The average Bonchev–Trinajstić information content (AvgIpc) is 2.55. The van der Waals surface area contributed by atoms with Gasteiger partial charge in [-0.2, -0.15) is 0 Å². The summed E-state index contributed by atoms with van der Waals surface area (Å²) in [7, 11) is 0. The standard InChI is InChI=1S/C18H17BrClNO3/c1-2-23-18(22)24-17-10-13(12-5-3-4-6-15(12)19)14-9-11(20)7-8-16(14)21-17/h3-9,13,17,21H,2,10H2,1H3. The van der Waals surface area contributed by atoms with E-state index in [1.165, 1.54) is 0 Å². The largest absolute Gasteiger partial charge is 0.510 e. The van der Waals surface area contributed by atoms with Crippen LogP contribution in [0.4, 0.5) is 10.5 Å². The van der Waals surface area contributed by atoms with Gasteiger partial charge in [0.05, 0.1) is 6.61 Å². The fraction of sp³-hybridized carbons (Fsp3) is 0.278. The van der Waals surface area contributed by atoms with Crippen LogP contribution >= 0.6 is 27.5 Å². The zero-order valence-electron chi connectivity index (χ0n) is 13.1. The number of hydrogen-bond donors (Lipinski definition) is 1. The molecule has 0 saturated carbocycles. The second kappa shape index (κ2) is 7.45. The molecule has 0 fully saturated rings. The highest BCUT2D eigenvalue weighted by Gasteiger charge is 2.31. The van der Waals surface area contributed by atoms with Crippen LogP contribution in [0.5, 0.6) is 0 Å². The minimum atomic E-state index is -0.668. The number of nitrogens with one attached hydrogen (secondary N) is 1. The van der Waals surface area contributed by atoms with Crippen LogP contribution in [-0.2, 0) is 9.47 Å². The maximum absolute atomic E-state index is 11.7. The third kappa shape index (κ3) is 3.68. The SMILES string of the molecule is CCOC(=O)OC1CC(c2ccccc2Br)c2cc(Cl)ccc2N1. The van der Waals surface area contributed by atoms with Crippen molar-refractivity contribution in [3.05, 3.63) is 63.1 Å². The Morgan fingerprint density at radius 2 is 2.08 bits per heavy atom. The highest BCUT2D eigenvalue weighted by molar-refractivity contribution is 9.10. The number of carbonyl (C=O) groups is 1. The van der Waals surface area contributed by atoms with Crippen LogP contribution in [0.25, 0.3) is 0 Å². The maximum atomic E-state index is 11.7. The van der Waals surface area contributed by atoms with Crippen molar-refractivity contribution in [2.24, 2.45) is 0 Å². The molecular weight excluding hydrogens is 394 g/mol. The van der Waals surface area contributed by atoms with Crippen molar-refractivity contribution >= 4 is 39.4 Å². The molecule has 1 aliphatic rings. The number of anilines is 1. The highest BCUT2D eigenvalue weighted by atomic mass is 79.9. The fourth-order valence-corrected chi connectivity index (χ4v) is 3.67. The molecule has 0 saturated heterocycles. The van der Waals surface area contributed by atoms with Gasteiger partial charge < -0.3 is 14.8 Å². The van der Waals surface area contributed by atoms with E-state index in [0.717, 1.165) is 21.3 Å². The molecule has 0 aromatic heterocycles. The molecule has 126 valence electrons. The number of halogens is 2. The number of benzene rings is 2. The Morgan fingerprint density at radius 1 is 1.29 bits per heavy atom. The first kappa shape index (κ1) is 17.1.